The van der Waals surface area contributed by atoms with Crippen LogP contribution in [0.25, 0.3) is 0 Å². The van der Waals surface area contributed by atoms with Gasteiger partial charge in [0, 0.05) is 12.1 Å². The summed E-state index contributed by atoms with van der Waals surface area (Å²) in [5, 5.41) is 22.0. The molecule has 0 radical (unpaired) electrons. The van der Waals surface area contributed by atoms with Crippen LogP contribution < -0.4 is 5.32 Å². The van der Waals surface area contributed by atoms with Crippen molar-refractivity contribution in [3.8, 4) is 0 Å². The molecule has 1 aliphatic heterocycles. The molecule has 116 valence electrons. The largest absolute Gasteiger partial charge is 0.466 e. The second-order valence-corrected chi connectivity index (χ2v) is 5.34. The molecule has 1 aromatic carbocycles. The quantitative estimate of drug-likeness (QED) is 0.688. The van der Waals surface area contributed by atoms with Crippen LogP contribution in [0.1, 0.15) is 30.9 Å². The van der Waals surface area contributed by atoms with E-state index in [0.29, 0.717) is 19.4 Å². The van der Waals surface area contributed by atoms with Gasteiger partial charge in [-0.25, -0.2) is 0 Å². The third-order valence-electron chi connectivity index (χ3n) is 3.81. The lowest BCUT2D eigenvalue weighted by Crippen LogP contribution is -2.39. The van der Waals surface area contributed by atoms with E-state index in [0.717, 1.165) is 24.1 Å². The van der Waals surface area contributed by atoms with Crippen molar-refractivity contribution in [2.45, 2.75) is 44.8 Å². The summed E-state index contributed by atoms with van der Waals surface area (Å²) in [6.07, 6.45) is 1.98. The summed E-state index contributed by atoms with van der Waals surface area (Å²) in [5.74, 6) is -0.167. The average Bonchev–Trinajstić information content (AvgIpc) is 2.51. The van der Waals surface area contributed by atoms with Gasteiger partial charge in [-0.05, 0) is 43.4 Å². The highest BCUT2D eigenvalue weighted by Gasteiger charge is 2.23. The van der Waals surface area contributed by atoms with Gasteiger partial charge in [-0.1, -0.05) is 12.1 Å². The number of rotatable bonds is 6. The maximum atomic E-state index is 11.4. The lowest BCUT2D eigenvalue weighted by molar-refractivity contribution is -0.143. The van der Waals surface area contributed by atoms with Crippen LogP contribution in [-0.2, 0) is 22.4 Å². The van der Waals surface area contributed by atoms with E-state index in [1.807, 2.05) is 12.1 Å². The SMILES string of the molecule is CCOC(=O)CCc1ccc2c(c1)CC[C@@H]([C@H](O)CO)N2. The van der Waals surface area contributed by atoms with Crippen LogP contribution in [0.15, 0.2) is 18.2 Å². The van der Waals surface area contributed by atoms with Crippen molar-refractivity contribution in [1.29, 1.82) is 0 Å². The van der Waals surface area contributed by atoms with Gasteiger partial charge in [0.15, 0.2) is 0 Å². The van der Waals surface area contributed by atoms with Crippen LogP contribution in [0, 0.1) is 0 Å². The van der Waals surface area contributed by atoms with Crippen LogP contribution >= 0.6 is 0 Å². The van der Waals surface area contributed by atoms with Crippen LogP contribution in [0.4, 0.5) is 5.69 Å². The first-order chi connectivity index (χ1) is 10.1. The van der Waals surface area contributed by atoms with Gasteiger partial charge in [-0.15, -0.1) is 0 Å². The van der Waals surface area contributed by atoms with E-state index in [1.165, 1.54) is 5.56 Å². The average molecular weight is 293 g/mol. The standard InChI is InChI=1S/C16H23NO4/c1-2-21-16(20)8-4-11-3-6-13-12(9-11)5-7-14(17-13)15(19)10-18/h3,6,9,14-15,17-19H,2,4-5,7-8,10H2,1H3/t14-,15+/m0/s1. The topological polar surface area (TPSA) is 78.8 Å². The Morgan fingerprint density at radius 1 is 1.52 bits per heavy atom. The van der Waals surface area contributed by atoms with Gasteiger partial charge >= 0.3 is 5.97 Å². The number of aliphatic hydroxyl groups excluding tert-OH is 2. The first-order valence-electron chi connectivity index (χ1n) is 7.47. The Labute approximate surface area is 124 Å². The first kappa shape index (κ1) is 15.8. The normalized spacial score (nSPS) is 18.5. The zero-order chi connectivity index (χ0) is 15.2. The third-order valence-corrected chi connectivity index (χ3v) is 3.81. The molecule has 0 amide bonds. The minimum atomic E-state index is -0.735. The number of benzene rings is 1. The number of ether oxygens (including phenoxy) is 1. The highest BCUT2D eigenvalue weighted by atomic mass is 16.5. The van der Waals surface area contributed by atoms with Crippen LogP contribution in [0.3, 0.4) is 0 Å². The Morgan fingerprint density at radius 2 is 2.33 bits per heavy atom. The van der Waals surface area contributed by atoms with Crippen molar-refractivity contribution in [3.05, 3.63) is 29.3 Å². The Hall–Kier alpha value is -1.59. The van der Waals surface area contributed by atoms with Crippen LogP contribution in [0.2, 0.25) is 0 Å². The van der Waals surface area contributed by atoms with E-state index in [2.05, 4.69) is 11.4 Å². The number of carbonyl (C=O) groups excluding carboxylic acids is 1. The van der Waals surface area contributed by atoms with E-state index in [1.54, 1.807) is 6.92 Å². The zero-order valence-electron chi connectivity index (χ0n) is 12.3. The minimum Gasteiger partial charge on any atom is -0.466 e. The number of aryl methyl sites for hydroxylation is 2. The molecule has 0 aromatic heterocycles. The molecule has 0 aliphatic carbocycles. The van der Waals surface area contributed by atoms with Gasteiger partial charge in [-0.3, -0.25) is 4.79 Å². The van der Waals surface area contributed by atoms with Crippen molar-refractivity contribution < 1.29 is 19.7 Å². The Kier molecular flexibility index (Phi) is 5.59. The van der Waals surface area contributed by atoms with Crippen molar-refractivity contribution in [3.63, 3.8) is 0 Å². The summed E-state index contributed by atoms with van der Waals surface area (Å²) in [4.78, 5) is 11.4. The Morgan fingerprint density at radius 3 is 3.05 bits per heavy atom. The van der Waals surface area contributed by atoms with E-state index in [9.17, 15) is 9.90 Å². The monoisotopic (exact) mass is 293 g/mol. The second kappa shape index (κ2) is 7.43. The maximum absolute atomic E-state index is 11.4. The number of esters is 1. The van der Waals surface area contributed by atoms with Gasteiger partial charge in [0.2, 0.25) is 0 Å². The zero-order valence-corrected chi connectivity index (χ0v) is 12.3. The predicted octanol–water partition coefficient (Wildman–Crippen LogP) is 1.26. The number of aliphatic hydroxyl groups is 2. The van der Waals surface area contributed by atoms with Crippen molar-refractivity contribution in [1.82, 2.24) is 0 Å². The Bertz CT molecular complexity index is 489. The highest BCUT2D eigenvalue weighted by molar-refractivity contribution is 5.69. The lowest BCUT2D eigenvalue weighted by Gasteiger charge is -2.30. The van der Waals surface area contributed by atoms with E-state index >= 15 is 0 Å². The van der Waals surface area contributed by atoms with Crippen molar-refractivity contribution >= 4 is 11.7 Å². The summed E-state index contributed by atoms with van der Waals surface area (Å²) in [6.45, 7) is 1.99. The number of hydrogen-bond donors (Lipinski definition) is 3. The molecule has 1 aliphatic rings. The molecule has 5 heteroatoms. The summed E-state index contributed by atoms with van der Waals surface area (Å²) < 4.78 is 4.93. The van der Waals surface area contributed by atoms with Gasteiger partial charge in [-0.2, -0.15) is 0 Å². The fourth-order valence-electron chi connectivity index (χ4n) is 2.63. The minimum absolute atomic E-state index is 0.104. The van der Waals surface area contributed by atoms with Crippen molar-refractivity contribution in [2.75, 3.05) is 18.5 Å². The number of anilines is 1. The molecule has 2 atom stereocenters. The number of nitrogens with one attached hydrogen (secondary N) is 1. The molecule has 0 saturated carbocycles. The van der Waals surface area contributed by atoms with Gasteiger partial charge in [0.05, 0.1) is 25.4 Å². The number of hydrogen-bond acceptors (Lipinski definition) is 5. The van der Waals surface area contributed by atoms with E-state index in [4.69, 9.17) is 9.84 Å². The van der Waals surface area contributed by atoms with E-state index < -0.39 is 6.10 Å². The summed E-state index contributed by atoms with van der Waals surface area (Å²) >= 11 is 0. The van der Waals surface area contributed by atoms with Crippen LogP contribution in [0.5, 0.6) is 0 Å². The molecule has 0 fully saturated rings. The Balaban J connectivity index is 1.96. The molecular formula is C16H23NO4. The summed E-state index contributed by atoms with van der Waals surface area (Å²) in [7, 11) is 0. The molecule has 0 bridgehead atoms. The molecule has 21 heavy (non-hydrogen) atoms. The molecular weight excluding hydrogens is 270 g/mol. The molecule has 2 rings (SSSR count). The molecule has 1 aromatic rings. The predicted molar refractivity (Wildman–Crippen MR) is 80.2 cm³/mol. The van der Waals surface area contributed by atoms with Crippen molar-refractivity contribution in [2.24, 2.45) is 0 Å². The number of fused-ring (bicyclic) bond motifs is 1. The molecule has 3 N–H and O–H groups in total. The van der Waals surface area contributed by atoms with E-state index in [-0.39, 0.29) is 18.6 Å². The second-order valence-electron chi connectivity index (χ2n) is 5.34. The molecule has 1 heterocycles. The smallest absolute Gasteiger partial charge is 0.306 e. The maximum Gasteiger partial charge on any atom is 0.306 e. The molecule has 0 spiro atoms. The third kappa shape index (κ3) is 4.19. The summed E-state index contributed by atoms with van der Waals surface area (Å²) in [6, 6.07) is 5.96. The highest BCUT2D eigenvalue weighted by Crippen LogP contribution is 2.27. The summed E-state index contributed by atoms with van der Waals surface area (Å²) in [5.41, 5.74) is 3.31. The molecule has 0 saturated heterocycles. The van der Waals surface area contributed by atoms with Crippen LogP contribution in [-0.4, -0.2) is 41.5 Å². The van der Waals surface area contributed by atoms with Gasteiger partial charge < -0.3 is 20.3 Å². The van der Waals surface area contributed by atoms with Gasteiger partial charge in [0.25, 0.3) is 0 Å². The number of carbonyl (C=O) groups is 1. The van der Waals surface area contributed by atoms with Gasteiger partial charge in [0.1, 0.15) is 0 Å². The first-order valence-corrected chi connectivity index (χ1v) is 7.47. The molecule has 0 unspecified atom stereocenters. The molecule has 5 nitrogen and oxygen atoms in total. The lowest BCUT2D eigenvalue weighted by atomic mass is 9.93. The fraction of sp³-hybridized carbons (Fsp3) is 0.562. The fourth-order valence-corrected chi connectivity index (χ4v) is 2.63.